The second kappa shape index (κ2) is 16.5. The van der Waals surface area contributed by atoms with E-state index in [2.05, 4.69) is 33.8 Å². The van der Waals surface area contributed by atoms with Gasteiger partial charge in [-0.05, 0) is 98.7 Å². The normalized spacial score (nSPS) is 57.9. The number of hydrogen-bond donors (Lipinski definition) is 8. The summed E-state index contributed by atoms with van der Waals surface area (Å²) >= 11 is 0. The van der Waals surface area contributed by atoms with Crippen molar-refractivity contribution in [2.45, 2.75) is 196 Å². The largest absolute Gasteiger partial charge is 0.394 e. The van der Waals surface area contributed by atoms with Gasteiger partial charge < -0.3 is 78.7 Å². The van der Waals surface area contributed by atoms with E-state index in [4.69, 9.17) is 37.9 Å². The standard InChI is InChI=1S/C44H70O16/c1-19-8-13-44(54-17-19)20(2)30-28(60-44)15-26-24-7-6-22-14-23(9-11-42(22,4)25(24)10-12-43(26,30)5)56-41-38(59-40-36(52)34(50)31(47)21(3)55-40)37(33(49)29(16-45)57-41)58-39-35(51)32(48)27(46)18-53-39/h6,19-21,23-41,45-52H,7-18H2,1-5H3/t19-,20-,21-,23-,24-,25+,26+,27+,28-,29+,30-,31-,32-,33+,34+,35+,36+,37-,38+,39-,40-,41+,42-,43-,44+/m0/s1. The van der Waals surface area contributed by atoms with Gasteiger partial charge in [0.2, 0.25) is 0 Å². The lowest BCUT2D eigenvalue weighted by atomic mass is 9.47. The number of aliphatic hydroxyl groups is 8. The zero-order valence-electron chi connectivity index (χ0n) is 35.6. The van der Waals surface area contributed by atoms with E-state index in [1.54, 1.807) is 0 Å². The van der Waals surface area contributed by atoms with Crippen LogP contribution in [0, 0.1) is 46.3 Å². The van der Waals surface area contributed by atoms with Crippen molar-refractivity contribution in [1.82, 2.24) is 0 Å². The Hall–Kier alpha value is -0.900. The molecule has 60 heavy (non-hydrogen) atoms. The van der Waals surface area contributed by atoms with Crippen LogP contribution in [0.15, 0.2) is 11.6 Å². The van der Waals surface area contributed by atoms with Gasteiger partial charge in [0.1, 0.15) is 61.0 Å². The van der Waals surface area contributed by atoms with Gasteiger partial charge in [-0.15, -0.1) is 0 Å². The summed E-state index contributed by atoms with van der Waals surface area (Å²) in [6.45, 7) is 10.9. The Balaban J connectivity index is 0.932. The molecule has 0 aromatic rings. The third kappa shape index (κ3) is 7.19. The highest BCUT2D eigenvalue weighted by atomic mass is 16.8. The fraction of sp³-hybridized carbons (Fsp3) is 0.955. The molecule has 0 radical (unpaired) electrons. The molecule has 9 rings (SSSR count). The lowest BCUT2D eigenvalue weighted by Gasteiger charge is -2.59. The summed E-state index contributed by atoms with van der Waals surface area (Å²) in [7, 11) is 0. The molecule has 8 fully saturated rings. The smallest absolute Gasteiger partial charge is 0.187 e. The van der Waals surface area contributed by atoms with Crippen molar-refractivity contribution in [3.8, 4) is 0 Å². The van der Waals surface area contributed by atoms with E-state index in [1.165, 1.54) is 18.9 Å². The molecule has 0 unspecified atom stereocenters. The molecule has 16 nitrogen and oxygen atoms in total. The maximum absolute atomic E-state index is 11.5. The number of ether oxygens (including phenoxy) is 8. The predicted molar refractivity (Wildman–Crippen MR) is 208 cm³/mol. The predicted octanol–water partition coefficient (Wildman–Crippen LogP) is 0.853. The van der Waals surface area contributed by atoms with E-state index in [1.807, 2.05) is 0 Å². The third-order valence-electron chi connectivity index (χ3n) is 17.3. The number of aliphatic hydroxyl groups excluding tert-OH is 8. The molecule has 0 aromatic carbocycles. The minimum Gasteiger partial charge on any atom is -0.394 e. The van der Waals surface area contributed by atoms with Gasteiger partial charge in [-0.25, -0.2) is 0 Å². The summed E-state index contributed by atoms with van der Waals surface area (Å²) in [5, 5.41) is 85.1. The lowest BCUT2D eigenvalue weighted by Crippen LogP contribution is -2.66. The van der Waals surface area contributed by atoms with Crippen molar-refractivity contribution >= 4 is 0 Å². The van der Waals surface area contributed by atoms with Gasteiger partial charge in [-0.1, -0.05) is 39.3 Å². The van der Waals surface area contributed by atoms with Crippen LogP contribution in [0.3, 0.4) is 0 Å². The van der Waals surface area contributed by atoms with Gasteiger partial charge >= 0.3 is 0 Å². The molecule has 9 aliphatic rings. The van der Waals surface area contributed by atoms with E-state index < -0.39 is 98.4 Å². The average molecular weight is 855 g/mol. The van der Waals surface area contributed by atoms with Crippen molar-refractivity contribution in [2.75, 3.05) is 19.8 Å². The van der Waals surface area contributed by atoms with Crippen LogP contribution >= 0.6 is 0 Å². The van der Waals surface area contributed by atoms with Gasteiger partial charge in [-0.3, -0.25) is 0 Å². The highest BCUT2D eigenvalue weighted by molar-refractivity contribution is 5.26. The molecule has 342 valence electrons. The van der Waals surface area contributed by atoms with E-state index >= 15 is 0 Å². The van der Waals surface area contributed by atoms with Crippen LogP contribution in [-0.4, -0.2) is 165 Å². The quantitative estimate of drug-likeness (QED) is 0.166. The minimum atomic E-state index is -1.72. The molecular weight excluding hydrogens is 784 g/mol. The summed E-state index contributed by atoms with van der Waals surface area (Å²) in [6, 6.07) is 0. The highest BCUT2D eigenvalue weighted by Crippen LogP contribution is 2.70. The average Bonchev–Trinajstić information content (AvgIpc) is 3.68. The number of fused-ring (bicyclic) bond motifs is 7. The first-order valence-corrected chi connectivity index (χ1v) is 22.8. The molecule has 8 N–H and O–H groups in total. The molecule has 4 aliphatic carbocycles. The Kier molecular flexibility index (Phi) is 12.2. The zero-order chi connectivity index (χ0) is 42.6. The van der Waals surface area contributed by atoms with Crippen LogP contribution in [0.2, 0.25) is 0 Å². The fourth-order valence-corrected chi connectivity index (χ4v) is 13.7. The monoisotopic (exact) mass is 854 g/mol. The van der Waals surface area contributed by atoms with Crippen LogP contribution in [0.5, 0.6) is 0 Å². The van der Waals surface area contributed by atoms with Gasteiger partial charge in [0.15, 0.2) is 24.7 Å². The van der Waals surface area contributed by atoms with E-state index in [0.29, 0.717) is 48.3 Å². The van der Waals surface area contributed by atoms with E-state index in [0.717, 1.165) is 45.1 Å². The van der Waals surface area contributed by atoms with Crippen LogP contribution < -0.4 is 0 Å². The first-order valence-electron chi connectivity index (χ1n) is 22.8. The van der Waals surface area contributed by atoms with Crippen LogP contribution in [-0.2, 0) is 37.9 Å². The molecule has 16 heteroatoms. The molecule has 5 heterocycles. The van der Waals surface area contributed by atoms with Crippen molar-refractivity contribution in [3.05, 3.63) is 11.6 Å². The first-order chi connectivity index (χ1) is 28.5. The Morgan fingerprint density at radius 3 is 2.22 bits per heavy atom. The molecule has 3 saturated carbocycles. The SMILES string of the molecule is C[C@H]1CC[C@@]2(OC1)O[C@H]1C[C@@H]3[C@H]4CC=C5C[C@@H](O[C@@H]6O[C@H](CO)[C@@H](O)[C@H](O[C@@H]7OC[C@@H](O)[C@H](O)[C@H]7O)[C@H]6O[C@@H]6O[C@@H](C)[C@H](O)[C@@H](O)[C@H]6O)CC[C@]5(C)[C@@H]4CC[C@]3(C)[C@H]1[C@@H]2C. The summed E-state index contributed by atoms with van der Waals surface area (Å²) < 4.78 is 50.1. The van der Waals surface area contributed by atoms with E-state index in [9.17, 15) is 40.9 Å². The van der Waals surface area contributed by atoms with Crippen molar-refractivity contribution in [2.24, 2.45) is 46.3 Å². The minimum absolute atomic E-state index is 0.0239. The molecule has 25 atom stereocenters. The topological polar surface area (TPSA) is 236 Å². The Morgan fingerprint density at radius 1 is 0.733 bits per heavy atom. The van der Waals surface area contributed by atoms with Crippen LogP contribution in [0.25, 0.3) is 0 Å². The van der Waals surface area contributed by atoms with Gasteiger partial charge in [0.05, 0.1) is 38.1 Å². The lowest BCUT2D eigenvalue weighted by molar-refractivity contribution is -0.390. The molecule has 5 aliphatic heterocycles. The summed E-state index contributed by atoms with van der Waals surface area (Å²) in [5.74, 6) is 2.62. The van der Waals surface area contributed by atoms with Crippen molar-refractivity contribution in [1.29, 1.82) is 0 Å². The van der Waals surface area contributed by atoms with Crippen molar-refractivity contribution in [3.63, 3.8) is 0 Å². The van der Waals surface area contributed by atoms with Crippen LogP contribution in [0.1, 0.15) is 92.4 Å². The van der Waals surface area contributed by atoms with Gasteiger partial charge in [-0.2, -0.15) is 0 Å². The zero-order valence-corrected chi connectivity index (χ0v) is 35.6. The maximum Gasteiger partial charge on any atom is 0.187 e. The Morgan fingerprint density at radius 2 is 1.48 bits per heavy atom. The molecule has 0 bridgehead atoms. The molecule has 0 amide bonds. The second-order valence-electron chi connectivity index (χ2n) is 20.6. The summed E-state index contributed by atoms with van der Waals surface area (Å²) in [5.41, 5.74) is 1.52. The third-order valence-corrected chi connectivity index (χ3v) is 17.3. The number of rotatable bonds is 7. The summed E-state index contributed by atoms with van der Waals surface area (Å²) in [4.78, 5) is 0. The number of hydrogen-bond acceptors (Lipinski definition) is 16. The molecule has 1 spiro atoms. The molecule has 5 saturated heterocycles. The van der Waals surface area contributed by atoms with Gasteiger partial charge in [0, 0.05) is 12.3 Å². The Labute approximate surface area is 352 Å². The fourth-order valence-electron chi connectivity index (χ4n) is 13.7. The molecule has 0 aromatic heterocycles. The number of allylic oxidation sites excluding steroid dienone is 1. The van der Waals surface area contributed by atoms with Gasteiger partial charge in [0.25, 0.3) is 0 Å². The maximum atomic E-state index is 11.5. The van der Waals surface area contributed by atoms with Crippen LogP contribution in [0.4, 0.5) is 0 Å². The first kappa shape index (κ1) is 44.3. The molecular formula is C44H70O16. The van der Waals surface area contributed by atoms with E-state index in [-0.39, 0.29) is 29.6 Å². The summed E-state index contributed by atoms with van der Waals surface area (Å²) in [6.07, 6.45) is -9.49. The second-order valence-corrected chi connectivity index (χ2v) is 20.6. The Bertz CT molecular complexity index is 1560. The highest BCUT2D eigenvalue weighted by Gasteiger charge is 2.69. The van der Waals surface area contributed by atoms with Crippen molar-refractivity contribution < 1.29 is 78.7 Å².